The van der Waals surface area contributed by atoms with E-state index in [0.717, 1.165) is 43.8 Å². The van der Waals surface area contributed by atoms with Gasteiger partial charge in [-0.25, -0.2) is 4.98 Å². The van der Waals surface area contributed by atoms with Crippen molar-refractivity contribution in [2.24, 2.45) is 0 Å². The number of aromatic nitrogens is 1. The van der Waals surface area contributed by atoms with Crippen molar-refractivity contribution in [1.29, 1.82) is 0 Å². The maximum atomic E-state index is 6.32. The number of pyridine rings is 1. The lowest BCUT2D eigenvalue weighted by Gasteiger charge is -2.26. The van der Waals surface area contributed by atoms with Crippen molar-refractivity contribution in [2.75, 3.05) is 4.90 Å². The Morgan fingerprint density at radius 1 is 0.535 bits per heavy atom. The summed E-state index contributed by atoms with van der Waals surface area (Å²) in [5.41, 5.74) is 7.25. The van der Waals surface area contributed by atoms with Crippen LogP contribution < -0.4 is 4.90 Å². The van der Waals surface area contributed by atoms with E-state index in [-0.39, 0.29) is 0 Å². The first-order valence-corrected chi connectivity index (χ1v) is 15.2. The summed E-state index contributed by atoms with van der Waals surface area (Å²) in [5.74, 6) is 0. The van der Waals surface area contributed by atoms with Crippen molar-refractivity contribution in [1.82, 2.24) is 4.98 Å². The van der Waals surface area contributed by atoms with Gasteiger partial charge in [0.15, 0.2) is 0 Å². The van der Waals surface area contributed by atoms with Crippen LogP contribution in [0.1, 0.15) is 0 Å². The van der Waals surface area contributed by atoms with E-state index in [1.807, 2.05) is 18.3 Å². The molecular weight excluding hydrogens is 545 g/mol. The number of hydrogen-bond donors (Lipinski definition) is 0. The van der Waals surface area contributed by atoms with Crippen molar-refractivity contribution >= 4 is 81.4 Å². The SMILES string of the molecule is c1ccc(-c2ccc(N(c3cnc4sc5ccc6ccccc6c5c4c3)c3cccc4oc5ccccc5c34)cc2)cc1. The first-order chi connectivity index (χ1) is 21.3. The summed E-state index contributed by atoms with van der Waals surface area (Å²) < 4.78 is 7.57. The van der Waals surface area contributed by atoms with E-state index in [9.17, 15) is 0 Å². The van der Waals surface area contributed by atoms with Crippen LogP contribution in [-0.4, -0.2) is 4.98 Å². The lowest BCUT2D eigenvalue weighted by molar-refractivity contribution is 0.669. The van der Waals surface area contributed by atoms with Crippen molar-refractivity contribution in [3.05, 3.63) is 146 Å². The van der Waals surface area contributed by atoms with Crippen molar-refractivity contribution in [2.45, 2.75) is 0 Å². The number of furan rings is 1. The molecule has 202 valence electrons. The number of hydrogen-bond acceptors (Lipinski definition) is 4. The first kappa shape index (κ1) is 24.2. The summed E-state index contributed by atoms with van der Waals surface area (Å²) >= 11 is 1.75. The molecule has 0 aliphatic heterocycles. The molecule has 0 bridgehead atoms. The van der Waals surface area contributed by atoms with Gasteiger partial charge in [0.2, 0.25) is 0 Å². The van der Waals surface area contributed by atoms with Crippen LogP contribution in [0, 0.1) is 0 Å². The second-order valence-electron chi connectivity index (χ2n) is 10.8. The minimum Gasteiger partial charge on any atom is -0.456 e. The normalized spacial score (nSPS) is 11.7. The lowest BCUT2D eigenvalue weighted by Crippen LogP contribution is -2.10. The van der Waals surface area contributed by atoms with Crippen molar-refractivity contribution < 1.29 is 4.42 Å². The number of para-hydroxylation sites is 1. The average molecular weight is 569 g/mol. The Hall–Kier alpha value is -5.45. The van der Waals surface area contributed by atoms with E-state index in [1.54, 1.807) is 11.3 Å². The Balaban J connectivity index is 1.31. The number of nitrogens with zero attached hydrogens (tertiary/aromatic N) is 2. The van der Waals surface area contributed by atoms with E-state index < -0.39 is 0 Å². The lowest BCUT2D eigenvalue weighted by atomic mass is 10.0. The summed E-state index contributed by atoms with van der Waals surface area (Å²) in [6.07, 6.45) is 2.01. The molecule has 0 radical (unpaired) electrons. The fourth-order valence-corrected chi connectivity index (χ4v) is 7.39. The molecule has 0 aliphatic carbocycles. The number of fused-ring (bicyclic) bond motifs is 8. The smallest absolute Gasteiger partial charge is 0.137 e. The molecule has 0 spiro atoms. The standard InChI is InChI=1S/C39H24N2OS/c1-2-9-25(10-3-1)26-17-20-28(21-18-26)41(33-14-8-16-35-38(33)31-13-6-7-15-34(31)42-35)29-23-32-37-30-12-5-4-11-27(30)19-22-36(37)43-39(32)40-24-29/h1-24H. The van der Waals surface area contributed by atoms with Crippen LogP contribution in [0.15, 0.2) is 150 Å². The van der Waals surface area contributed by atoms with E-state index in [0.29, 0.717) is 0 Å². The molecule has 0 unspecified atom stereocenters. The summed E-state index contributed by atoms with van der Waals surface area (Å²) in [5, 5.41) is 7.11. The van der Waals surface area contributed by atoms with Crippen molar-refractivity contribution in [3.8, 4) is 11.1 Å². The first-order valence-electron chi connectivity index (χ1n) is 14.4. The van der Waals surface area contributed by atoms with Gasteiger partial charge in [-0.1, -0.05) is 97.1 Å². The second-order valence-corrected chi connectivity index (χ2v) is 11.8. The minimum absolute atomic E-state index is 0.866. The molecular formula is C39H24N2OS. The molecule has 0 aliphatic rings. The highest BCUT2D eigenvalue weighted by molar-refractivity contribution is 7.25. The van der Waals surface area contributed by atoms with Gasteiger partial charge in [-0.05, 0) is 64.4 Å². The van der Waals surface area contributed by atoms with E-state index in [4.69, 9.17) is 9.40 Å². The van der Waals surface area contributed by atoms with Gasteiger partial charge in [0.1, 0.15) is 16.0 Å². The van der Waals surface area contributed by atoms with E-state index in [1.165, 1.54) is 37.4 Å². The molecule has 3 nitrogen and oxygen atoms in total. The molecule has 3 heterocycles. The number of benzene rings is 6. The van der Waals surface area contributed by atoms with Gasteiger partial charge in [-0.15, -0.1) is 11.3 Å². The number of anilines is 3. The Kier molecular flexibility index (Phi) is 5.37. The molecule has 0 saturated carbocycles. The monoisotopic (exact) mass is 568 g/mol. The number of thiophene rings is 1. The summed E-state index contributed by atoms with van der Waals surface area (Å²) in [7, 11) is 0. The quantitative estimate of drug-likeness (QED) is 0.211. The largest absolute Gasteiger partial charge is 0.456 e. The van der Waals surface area contributed by atoms with Gasteiger partial charge in [-0.3, -0.25) is 0 Å². The summed E-state index contributed by atoms with van der Waals surface area (Å²) in [6.45, 7) is 0. The molecule has 4 heteroatoms. The molecule has 0 saturated heterocycles. The zero-order valence-corrected chi connectivity index (χ0v) is 23.9. The van der Waals surface area contributed by atoms with Crippen molar-refractivity contribution in [3.63, 3.8) is 0 Å². The van der Waals surface area contributed by atoms with Crippen LogP contribution in [0.2, 0.25) is 0 Å². The maximum Gasteiger partial charge on any atom is 0.137 e. The summed E-state index contributed by atoms with van der Waals surface area (Å²) in [6, 6.07) is 49.2. The Bertz CT molecular complexity index is 2460. The van der Waals surface area contributed by atoms with Gasteiger partial charge in [-0.2, -0.15) is 0 Å². The Morgan fingerprint density at radius 3 is 2.16 bits per heavy atom. The van der Waals surface area contributed by atoms with Crippen LogP contribution in [0.5, 0.6) is 0 Å². The molecule has 0 fully saturated rings. The molecule has 0 amide bonds. The fourth-order valence-electron chi connectivity index (χ4n) is 6.35. The summed E-state index contributed by atoms with van der Waals surface area (Å²) in [4.78, 5) is 8.41. The van der Waals surface area contributed by atoms with Crippen LogP contribution in [0.3, 0.4) is 0 Å². The van der Waals surface area contributed by atoms with Crippen LogP contribution in [-0.2, 0) is 0 Å². The highest BCUT2D eigenvalue weighted by Gasteiger charge is 2.21. The highest BCUT2D eigenvalue weighted by Crippen LogP contribution is 2.45. The molecule has 43 heavy (non-hydrogen) atoms. The Labute approximate surface area is 251 Å². The predicted molar refractivity (Wildman–Crippen MR) is 182 cm³/mol. The highest BCUT2D eigenvalue weighted by atomic mass is 32.1. The molecule has 9 rings (SSSR count). The molecule has 0 N–H and O–H groups in total. The predicted octanol–water partition coefficient (Wildman–Crippen LogP) is 11.6. The van der Waals surface area contributed by atoms with Gasteiger partial charge >= 0.3 is 0 Å². The van der Waals surface area contributed by atoms with Gasteiger partial charge in [0.25, 0.3) is 0 Å². The molecule has 3 aromatic heterocycles. The third-order valence-electron chi connectivity index (χ3n) is 8.32. The molecule has 9 aromatic rings. The molecule has 6 aromatic carbocycles. The average Bonchev–Trinajstić information content (AvgIpc) is 3.64. The van der Waals surface area contributed by atoms with Crippen LogP contribution in [0.25, 0.3) is 64.1 Å². The van der Waals surface area contributed by atoms with Gasteiger partial charge in [0, 0.05) is 26.5 Å². The minimum atomic E-state index is 0.866. The third-order valence-corrected chi connectivity index (χ3v) is 9.39. The number of rotatable bonds is 4. The van der Waals surface area contributed by atoms with E-state index in [2.05, 4.69) is 132 Å². The Morgan fingerprint density at radius 2 is 1.28 bits per heavy atom. The van der Waals surface area contributed by atoms with Gasteiger partial charge in [0.05, 0.1) is 23.0 Å². The van der Waals surface area contributed by atoms with Crippen LogP contribution in [0.4, 0.5) is 17.1 Å². The zero-order chi connectivity index (χ0) is 28.3. The second kappa shape index (κ2) is 9.55. The molecule has 0 atom stereocenters. The zero-order valence-electron chi connectivity index (χ0n) is 23.1. The van der Waals surface area contributed by atoms with E-state index >= 15 is 0 Å². The fraction of sp³-hybridized carbons (Fsp3) is 0. The maximum absolute atomic E-state index is 6.32. The topological polar surface area (TPSA) is 29.3 Å². The third kappa shape index (κ3) is 3.84. The van der Waals surface area contributed by atoms with Gasteiger partial charge < -0.3 is 9.32 Å². The van der Waals surface area contributed by atoms with Crippen LogP contribution >= 0.6 is 11.3 Å².